The first-order valence-corrected chi connectivity index (χ1v) is 8.27. The summed E-state index contributed by atoms with van der Waals surface area (Å²) in [6, 6.07) is 6.82. The van der Waals surface area contributed by atoms with Gasteiger partial charge in [0.1, 0.15) is 17.2 Å². The second-order valence-corrected chi connectivity index (χ2v) is 5.47. The lowest BCUT2D eigenvalue weighted by atomic mass is 10.2. The summed E-state index contributed by atoms with van der Waals surface area (Å²) in [4.78, 5) is 11.7. The first kappa shape index (κ1) is 21.3. The van der Waals surface area contributed by atoms with Gasteiger partial charge in [0.05, 0.1) is 13.2 Å². The van der Waals surface area contributed by atoms with Crippen LogP contribution in [0.25, 0.3) is 0 Å². The minimum atomic E-state index is -2.28. The summed E-state index contributed by atoms with van der Waals surface area (Å²) in [5, 5.41) is 0. The van der Waals surface area contributed by atoms with E-state index < -0.39 is 40.7 Å². The van der Waals surface area contributed by atoms with Crippen molar-refractivity contribution in [3.8, 4) is 11.5 Å². The highest BCUT2D eigenvalue weighted by atomic mass is 19.2. The Morgan fingerprint density at radius 2 is 1.36 bits per heavy atom. The number of hydrazine groups is 1. The Labute approximate surface area is 157 Å². The molecule has 0 atom stereocenters. The van der Waals surface area contributed by atoms with Crippen molar-refractivity contribution >= 4 is 11.6 Å². The number of nitrogens with one attached hydrogen (secondary N) is 2. The highest BCUT2D eigenvalue weighted by Crippen LogP contribution is 2.26. The zero-order valence-corrected chi connectivity index (χ0v) is 14.8. The minimum Gasteiger partial charge on any atom is -0.494 e. The number of hydrogen-bond donors (Lipinski definition) is 2. The van der Waals surface area contributed by atoms with Crippen molar-refractivity contribution in [1.82, 2.24) is 5.43 Å². The normalized spacial score (nSPS) is 10.5. The van der Waals surface area contributed by atoms with Gasteiger partial charge in [0.2, 0.25) is 11.7 Å². The van der Waals surface area contributed by atoms with Gasteiger partial charge in [0.25, 0.3) is 0 Å². The molecule has 0 aromatic heterocycles. The van der Waals surface area contributed by atoms with Crippen molar-refractivity contribution in [2.24, 2.45) is 0 Å². The smallest absolute Gasteiger partial charge is 0.238 e. The maximum atomic E-state index is 13.5. The third-order valence-electron chi connectivity index (χ3n) is 3.49. The van der Waals surface area contributed by atoms with Crippen molar-refractivity contribution in [3.05, 3.63) is 53.4 Å². The maximum absolute atomic E-state index is 13.5. The molecule has 10 heteroatoms. The van der Waals surface area contributed by atoms with Gasteiger partial charge in [-0.3, -0.25) is 15.6 Å². The average molecular weight is 404 g/mol. The molecular weight excluding hydrogens is 387 g/mol. The number of rotatable bonds is 9. The van der Waals surface area contributed by atoms with Crippen LogP contribution in [0.3, 0.4) is 0 Å². The van der Waals surface area contributed by atoms with Crippen LogP contribution in [0.4, 0.5) is 27.6 Å². The van der Waals surface area contributed by atoms with Gasteiger partial charge in [-0.05, 0) is 37.6 Å². The van der Waals surface area contributed by atoms with Crippen LogP contribution in [-0.4, -0.2) is 19.1 Å². The molecule has 28 heavy (non-hydrogen) atoms. The number of halogens is 5. The zero-order chi connectivity index (χ0) is 20.7. The summed E-state index contributed by atoms with van der Waals surface area (Å²) in [6.45, 7) is 2.56. The second kappa shape index (κ2) is 9.77. The first-order valence-electron chi connectivity index (χ1n) is 8.27. The predicted octanol–water partition coefficient (Wildman–Crippen LogP) is 4.08. The molecule has 0 unspecified atom stereocenters. The summed E-state index contributed by atoms with van der Waals surface area (Å²) in [6.07, 6.45) is 0.136. The first-order chi connectivity index (χ1) is 13.3. The van der Waals surface area contributed by atoms with Crippen LogP contribution in [0.1, 0.15) is 19.8 Å². The molecule has 2 aromatic rings. The van der Waals surface area contributed by atoms with E-state index in [1.54, 1.807) is 29.7 Å². The van der Waals surface area contributed by atoms with Crippen molar-refractivity contribution < 1.29 is 36.2 Å². The number of ether oxygens (including phenoxy) is 2. The molecule has 0 saturated heterocycles. The van der Waals surface area contributed by atoms with Crippen LogP contribution >= 0.6 is 0 Å². The number of amides is 1. The van der Waals surface area contributed by atoms with Crippen LogP contribution in [0.2, 0.25) is 0 Å². The number of carbonyl (C=O) groups is 1. The third kappa shape index (κ3) is 5.24. The van der Waals surface area contributed by atoms with E-state index in [1.807, 2.05) is 12.3 Å². The Morgan fingerprint density at radius 3 is 1.89 bits per heavy atom. The van der Waals surface area contributed by atoms with Crippen LogP contribution in [-0.2, 0) is 4.79 Å². The summed E-state index contributed by atoms with van der Waals surface area (Å²) in [5.41, 5.74) is 2.26. The Balaban J connectivity index is 1.78. The number of hydrogen-bond acceptors (Lipinski definition) is 4. The quantitative estimate of drug-likeness (QED) is 0.217. The second-order valence-electron chi connectivity index (χ2n) is 5.47. The molecule has 2 N–H and O–H groups in total. The van der Waals surface area contributed by atoms with Crippen LogP contribution in [0.15, 0.2) is 24.3 Å². The largest absolute Gasteiger partial charge is 0.494 e. The Bertz CT molecular complexity index is 802. The Hall–Kier alpha value is -3.04. The summed E-state index contributed by atoms with van der Waals surface area (Å²) < 4.78 is 76.7. The molecule has 0 saturated carbocycles. The Kier molecular flexibility index (Phi) is 7.42. The van der Waals surface area contributed by atoms with E-state index in [-0.39, 0.29) is 19.4 Å². The lowest BCUT2D eigenvalue weighted by molar-refractivity contribution is -0.120. The predicted molar refractivity (Wildman–Crippen MR) is 90.3 cm³/mol. The molecule has 5 nitrogen and oxygen atoms in total. The molecule has 0 aliphatic heterocycles. The van der Waals surface area contributed by atoms with Crippen molar-refractivity contribution in [2.75, 3.05) is 18.6 Å². The van der Waals surface area contributed by atoms with Gasteiger partial charge < -0.3 is 9.47 Å². The van der Waals surface area contributed by atoms with E-state index >= 15 is 0 Å². The van der Waals surface area contributed by atoms with Crippen molar-refractivity contribution in [2.45, 2.75) is 19.8 Å². The molecule has 2 rings (SSSR count). The average Bonchev–Trinajstić information content (AvgIpc) is 2.69. The van der Waals surface area contributed by atoms with E-state index in [0.717, 1.165) is 0 Å². The van der Waals surface area contributed by atoms with Gasteiger partial charge in [-0.15, -0.1) is 0 Å². The highest BCUT2D eigenvalue weighted by molar-refractivity contribution is 5.77. The monoisotopic (exact) mass is 404 g/mol. The lowest BCUT2D eigenvalue weighted by Crippen LogP contribution is -2.31. The molecule has 0 spiro atoms. The fraction of sp³-hybridized carbons (Fsp3) is 0.278. The zero-order valence-electron chi connectivity index (χ0n) is 14.8. The van der Waals surface area contributed by atoms with Crippen molar-refractivity contribution in [1.29, 1.82) is 0 Å². The molecule has 2 aromatic carbocycles. The fourth-order valence-electron chi connectivity index (χ4n) is 2.13. The van der Waals surface area contributed by atoms with Crippen molar-refractivity contribution in [3.63, 3.8) is 0 Å². The van der Waals surface area contributed by atoms with E-state index in [9.17, 15) is 26.7 Å². The maximum Gasteiger partial charge on any atom is 0.238 e. The van der Waals surface area contributed by atoms with E-state index in [2.05, 4.69) is 0 Å². The molecule has 0 radical (unpaired) electrons. The highest BCUT2D eigenvalue weighted by Gasteiger charge is 2.25. The molecule has 0 aliphatic carbocycles. The van der Waals surface area contributed by atoms with Gasteiger partial charge in [0, 0.05) is 6.42 Å². The molecule has 0 fully saturated rings. The Morgan fingerprint density at radius 1 is 0.857 bits per heavy atom. The van der Waals surface area contributed by atoms with E-state index in [1.165, 1.54) is 0 Å². The van der Waals surface area contributed by atoms with Crippen LogP contribution in [0, 0.1) is 29.1 Å². The fourth-order valence-corrected chi connectivity index (χ4v) is 2.13. The van der Waals surface area contributed by atoms with E-state index in [0.29, 0.717) is 18.1 Å². The third-order valence-corrected chi connectivity index (χ3v) is 3.49. The van der Waals surface area contributed by atoms with Crippen LogP contribution < -0.4 is 20.3 Å². The lowest BCUT2D eigenvalue weighted by Gasteiger charge is -2.12. The molecule has 0 aliphatic rings. The standard InChI is InChI=1S/C18H17F5N2O3/c1-2-27-10-5-7-11(8-6-10)28-9-3-4-12(26)24-25-18-16(22)14(20)13(19)15(21)17(18)23/h5-8,25H,2-4,9H2,1H3,(H,24,26). The SMILES string of the molecule is CCOc1ccc(OCCCC(=O)NNc2c(F)c(F)c(F)c(F)c2F)cc1. The summed E-state index contributed by atoms with van der Waals surface area (Å²) in [7, 11) is 0. The van der Waals surface area contributed by atoms with E-state index in [4.69, 9.17) is 9.47 Å². The number of anilines is 1. The number of benzene rings is 2. The van der Waals surface area contributed by atoms with Gasteiger partial charge >= 0.3 is 0 Å². The van der Waals surface area contributed by atoms with Gasteiger partial charge in [-0.2, -0.15) is 0 Å². The molecular formula is C18H17F5N2O3. The van der Waals surface area contributed by atoms with Crippen LogP contribution in [0.5, 0.6) is 11.5 Å². The number of carbonyl (C=O) groups excluding carboxylic acids is 1. The van der Waals surface area contributed by atoms with Gasteiger partial charge in [0.15, 0.2) is 23.3 Å². The molecule has 0 heterocycles. The topological polar surface area (TPSA) is 59.6 Å². The molecule has 0 bridgehead atoms. The molecule has 1 amide bonds. The minimum absolute atomic E-state index is 0.112. The summed E-state index contributed by atoms with van der Waals surface area (Å²) >= 11 is 0. The molecule has 152 valence electrons. The van der Waals surface area contributed by atoms with Gasteiger partial charge in [-0.25, -0.2) is 22.0 Å². The van der Waals surface area contributed by atoms with Gasteiger partial charge in [-0.1, -0.05) is 0 Å². The summed E-state index contributed by atoms with van der Waals surface area (Å²) in [5.74, 6) is -10.1.